The molecule has 0 aliphatic carbocycles. The van der Waals surface area contributed by atoms with Crippen molar-refractivity contribution in [2.75, 3.05) is 6.61 Å². The number of rotatable bonds is 4. The zero-order chi connectivity index (χ0) is 10.4. The van der Waals surface area contributed by atoms with Crippen LogP contribution in [0.25, 0.3) is 0 Å². The minimum Gasteiger partial charge on any atom is -0.458 e. The number of aliphatic hydroxyl groups is 1. The Kier molecular flexibility index (Phi) is 4.13. The van der Waals surface area contributed by atoms with E-state index in [4.69, 9.17) is 9.84 Å². The molecule has 0 heterocycles. The normalized spacial score (nSPS) is 12.1. The van der Waals surface area contributed by atoms with Gasteiger partial charge in [0.15, 0.2) is 0 Å². The Morgan fingerprint density at radius 2 is 2.07 bits per heavy atom. The average molecular weight is 194 g/mol. The molecule has 0 amide bonds. The van der Waals surface area contributed by atoms with Gasteiger partial charge in [0.05, 0.1) is 0 Å². The SMILES string of the molecule is CC(=O)O[C@@H](CCO)c1ccccc1. The summed E-state index contributed by atoms with van der Waals surface area (Å²) in [5.41, 5.74) is 0.914. The molecule has 0 spiro atoms. The topological polar surface area (TPSA) is 46.5 Å². The summed E-state index contributed by atoms with van der Waals surface area (Å²) in [6.45, 7) is 1.38. The maximum atomic E-state index is 10.8. The molecule has 0 aromatic heterocycles. The van der Waals surface area contributed by atoms with Crippen LogP contribution in [0.5, 0.6) is 0 Å². The van der Waals surface area contributed by atoms with E-state index in [1.165, 1.54) is 6.92 Å². The molecule has 0 radical (unpaired) electrons. The first-order valence-corrected chi connectivity index (χ1v) is 4.57. The fourth-order valence-electron chi connectivity index (χ4n) is 1.28. The highest BCUT2D eigenvalue weighted by molar-refractivity contribution is 5.66. The van der Waals surface area contributed by atoms with Crippen molar-refractivity contribution in [3.8, 4) is 0 Å². The molecule has 1 atom stereocenters. The first-order chi connectivity index (χ1) is 6.74. The predicted octanol–water partition coefficient (Wildman–Crippen LogP) is 1.67. The lowest BCUT2D eigenvalue weighted by Crippen LogP contribution is -2.09. The first kappa shape index (κ1) is 10.7. The number of aliphatic hydroxyl groups excluding tert-OH is 1. The van der Waals surface area contributed by atoms with Gasteiger partial charge in [-0.05, 0) is 5.56 Å². The van der Waals surface area contributed by atoms with E-state index in [2.05, 4.69) is 0 Å². The van der Waals surface area contributed by atoms with Gasteiger partial charge in [0.2, 0.25) is 0 Å². The molecule has 0 aliphatic heterocycles. The van der Waals surface area contributed by atoms with Crippen LogP contribution < -0.4 is 0 Å². The van der Waals surface area contributed by atoms with Gasteiger partial charge >= 0.3 is 5.97 Å². The summed E-state index contributed by atoms with van der Waals surface area (Å²) >= 11 is 0. The molecule has 1 aromatic rings. The Morgan fingerprint density at radius 1 is 1.43 bits per heavy atom. The zero-order valence-corrected chi connectivity index (χ0v) is 8.14. The maximum Gasteiger partial charge on any atom is 0.303 e. The molecule has 0 unspecified atom stereocenters. The van der Waals surface area contributed by atoms with Gasteiger partial charge in [0.25, 0.3) is 0 Å². The maximum absolute atomic E-state index is 10.8. The van der Waals surface area contributed by atoms with Crippen LogP contribution in [0.1, 0.15) is 25.0 Å². The molecule has 1 N–H and O–H groups in total. The van der Waals surface area contributed by atoms with E-state index in [0.717, 1.165) is 5.56 Å². The van der Waals surface area contributed by atoms with Crippen molar-refractivity contribution in [1.29, 1.82) is 0 Å². The van der Waals surface area contributed by atoms with Crippen LogP contribution in [0.2, 0.25) is 0 Å². The number of ether oxygens (including phenoxy) is 1. The van der Waals surface area contributed by atoms with E-state index in [1.807, 2.05) is 30.3 Å². The summed E-state index contributed by atoms with van der Waals surface area (Å²) in [5, 5.41) is 8.82. The standard InChI is InChI=1S/C11H14O3/c1-9(13)14-11(7-8-12)10-5-3-2-4-6-10/h2-6,11-12H,7-8H2,1H3/t11-/m0/s1. The van der Waals surface area contributed by atoms with Crippen molar-refractivity contribution in [3.63, 3.8) is 0 Å². The highest BCUT2D eigenvalue weighted by Crippen LogP contribution is 2.20. The molecular formula is C11H14O3. The van der Waals surface area contributed by atoms with Crippen molar-refractivity contribution in [3.05, 3.63) is 35.9 Å². The lowest BCUT2D eigenvalue weighted by Gasteiger charge is -2.15. The summed E-state index contributed by atoms with van der Waals surface area (Å²) in [7, 11) is 0. The lowest BCUT2D eigenvalue weighted by atomic mass is 10.1. The second kappa shape index (κ2) is 5.40. The Labute approximate surface area is 83.3 Å². The van der Waals surface area contributed by atoms with E-state index in [1.54, 1.807) is 0 Å². The Balaban J connectivity index is 2.72. The largest absolute Gasteiger partial charge is 0.458 e. The van der Waals surface area contributed by atoms with Crippen molar-refractivity contribution in [2.45, 2.75) is 19.4 Å². The summed E-state index contributed by atoms with van der Waals surface area (Å²) in [6.07, 6.45) is 0.0996. The molecular weight excluding hydrogens is 180 g/mol. The van der Waals surface area contributed by atoms with Crippen molar-refractivity contribution >= 4 is 5.97 Å². The van der Waals surface area contributed by atoms with E-state index >= 15 is 0 Å². The van der Waals surface area contributed by atoms with Gasteiger partial charge in [0.1, 0.15) is 6.10 Å². The van der Waals surface area contributed by atoms with Crippen LogP contribution in [-0.4, -0.2) is 17.7 Å². The third-order valence-electron chi connectivity index (χ3n) is 1.87. The smallest absolute Gasteiger partial charge is 0.303 e. The number of hydrogen-bond donors (Lipinski definition) is 1. The molecule has 0 aliphatic rings. The van der Waals surface area contributed by atoms with Crippen molar-refractivity contribution in [1.82, 2.24) is 0 Å². The van der Waals surface area contributed by atoms with Gasteiger partial charge in [-0.15, -0.1) is 0 Å². The van der Waals surface area contributed by atoms with Gasteiger partial charge in [-0.1, -0.05) is 30.3 Å². The van der Waals surface area contributed by atoms with Crippen LogP contribution >= 0.6 is 0 Å². The van der Waals surface area contributed by atoms with Gasteiger partial charge in [0, 0.05) is 20.0 Å². The van der Waals surface area contributed by atoms with Crippen LogP contribution in [0.3, 0.4) is 0 Å². The quantitative estimate of drug-likeness (QED) is 0.742. The van der Waals surface area contributed by atoms with E-state index in [-0.39, 0.29) is 18.7 Å². The summed E-state index contributed by atoms with van der Waals surface area (Å²) in [4.78, 5) is 10.8. The summed E-state index contributed by atoms with van der Waals surface area (Å²) in [6, 6.07) is 9.41. The number of esters is 1. The fourth-order valence-corrected chi connectivity index (χ4v) is 1.28. The Morgan fingerprint density at radius 3 is 2.57 bits per heavy atom. The summed E-state index contributed by atoms with van der Waals surface area (Å²) < 4.78 is 5.08. The monoisotopic (exact) mass is 194 g/mol. The number of carbonyl (C=O) groups excluding carboxylic acids is 1. The molecule has 76 valence electrons. The van der Waals surface area contributed by atoms with Gasteiger partial charge in [-0.2, -0.15) is 0 Å². The second-order valence-electron chi connectivity index (χ2n) is 3.02. The first-order valence-electron chi connectivity index (χ1n) is 4.57. The third kappa shape index (κ3) is 3.18. The molecule has 0 saturated carbocycles. The zero-order valence-electron chi connectivity index (χ0n) is 8.14. The molecule has 3 nitrogen and oxygen atoms in total. The Hall–Kier alpha value is -1.35. The highest BCUT2D eigenvalue weighted by Gasteiger charge is 2.13. The highest BCUT2D eigenvalue weighted by atomic mass is 16.5. The average Bonchev–Trinajstić information content (AvgIpc) is 2.18. The molecule has 1 aromatic carbocycles. The van der Waals surface area contributed by atoms with Gasteiger partial charge < -0.3 is 9.84 Å². The molecule has 14 heavy (non-hydrogen) atoms. The van der Waals surface area contributed by atoms with Crippen LogP contribution in [0.15, 0.2) is 30.3 Å². The second-order valence-corrected chi connectivity index (χ2v) is 3.02. The Bertz CT molecular complexity index is 282. The van der Waals surface area contributed by atoms with E-state index < -0.39 is 0 Å². The minimum atomic E-state index is -0.335. The molecule has 0 bridgehead atoms. The lowest BCUT2D eigenvalue weighted by molar-refractivity contribution is -0.147. The number of benzene rings is 1. The van der Waals surface area contributed by atoms with E-state index in [0.29, 0.717) is 6.42 Å². The van der Waals surface area contributed by atoms with Gasteiger partial charge in [-0.3, -0.25) is 4.79 Å². The fraction of sp³-hybridized carbons (Fsp3) is 0.364. The van der Waals surface area contributed by atoms with Gasteiger partial charge in [-0.25, -0.2) is 0 Å². The minimum absolute atomic E-state index is 0.00679. The number of carbonyl (C=O) groups is 1. The molecule has 1 rings (SSSR count). The molecule has 3 heteroatoms. The summed E-state index contributed by atoms with van der Waals surface area (Å²) in [5.74, 6) is -0.327. The van der Waals surface area contributed by atoms with Crippen LogP contribution in [0, 0.1) is 0 Å². The van der Waals surface area contributed by atoms with Crippen LogP contribution in [-0.2, 0) is 9.53 Å². The van der Waals surface area contributed by atoms with Crippen molar-refractivity contribution < 1.29 is 14.6 Å². The molecule has 0 fully saturated rings. The predicted molar refractivity (Wildman–Crippen MR) is 52.7 cm³/mol. The van der Waals surface area contributed by atoms with E-state index in [9.17, 15) is 4.79 Å². The van der Waals surface area contributed by atoms with Crippen molar-refractivity contribution in [2.24, 2.45) is 0 Å². The molecule has 0 saturated heterocycles. The van der Waals surface area contributed by atoms with Crippen LogP contribution in [0.4, 0.5) is 0 Å². The third-order valence-corrected chi connectivity index (χ3v) is 1.87. The number of hydrogen-bond acceptors (Lipinski definition) is 3.